The average Bonchev–Trinajstić information content (AvgIpc) is 3.46. The predicted octanol–water partition coefficient (Wildman–Crippen LogP) is 4.93. The molecule has 9 heteroatoms. The lowest BCUT2D eigenvalue weighted by Gasteiger charge is -2.10. The Morgan fingerprint density at radius 1 is 1.00 bits per heavy atom. The Labute approximate surface area is 186 Å². The number of amides is 1. The van der Waals surface area contributed by atoms with E-state index in [1.54, 1.807) is 38.6 Å². The summed E-state index contributed by atoms with van der Waals surface area (Å²) in [6.07, 6.45) is 6.20. The highest BCUT2D eigenvalue weighted by molar-refractivity contribution is 5.98. The van der Waals surface area contributed by atoms with Gasteiger partial charge in [-0.2, -0.15) is 0 Å². The van der Waals surface area contributed by atoms with E-state index < -0.39 is 11.6 Å². The minimum atomic E-state index is -0.975. The summed E-state index contributed by atoms with van der Waals surface area (Å²) >= 11 is 0. The lowest BCUT2D eigenvalue weighted by atomic mass is 10.0. The van der Waals surface area contributed by atoms with Gasteiger partial charge in [-0.1, -0.05) is 17.3 Å². The summed E-state index contributed by atoms with van der Waals surface area (Å²) in [7, 11) is 3.35. The number of H-pyrrole nitrogens is 1. The molecule has 33 heavy (non-hydrogen) atoms. The molecule has 0 unspecified atom stereocenters. The highest BCUT2D eigenvalue weighted by Gasteiger charge is 2.21. The van der Waals surface area contributed by atoms with Gasteiger partial charge in [0.2, 0.25) is 0 Å². The van der Waals surface area contributed by atoms with Crippen LogP contribution in [0, 0.1) is 11.6 Å². The van der Waals surface area contributed by atoms with E-state index in [1.807, 2.05) is 6.07 Å². The molecule has 164 valence electrons. The number of nitrogens with one attached hydrogen (secondary N) is 1. The van der Waals surface area contributed by atoms with Gasteiger partial charge in [-0.15, -0.1) is 0 Å². The Morgan fingerprint density at radius 3 is 2.61 bits per heavy atom. The van der Waals surface area contributed by atoms with Crippen LogP contribution in [0.3, 0.4) is 0 Å². The van der Waals surface area contributed by atoms with E-state index in [2.05, 4.69) is 20.1 Å². The summed E-state index contributed by atoms with van der Waals surface area (Å²) in [5.74, 6) is -1.79. The molecule has 7 nitrogen and oxygen atoms in total. The van der Waals surface area contributed by atoms with E-state index in [0.29, 0.717) is 39.0 Å². The highest BCUT2D eigenvalue weighted by Crippen LogP contribution is 2.38. The lowest BCUT2D eigenvalue weighted by molar-refractivity contribution is 0.0827. The lowest BCUT2D eigenvalue weighted by Crippen LogP contribution is -2.21. The molecule has 1 aromatic carbocycles. The summed E-state index contributed by atoms with van der Waals surface area (Å²) in [5, 5.41) is 4.50. The van der Waals surface area contributed by atoms with E-state index in [1.165, 1.54) is 29.4 Å². The van der Waals surface area contributed by atoms with Crippen LogP contribution in [0.15, 0.2) is 65.7 Å². The fraction of sp³-hybridized carbons (Fsp3) is 0.0833. The Balaban J connectivity index is 1.58. The van der Waals surface area contributed by atoms with Crippen LogP contribution in [0.4, 0.5) is 8.78 Å². The number of nitrogens with zero attached hydrogens (tertiary/aromatic N) is 4. The second kappa shape index (κ2) is 7.94. The van der Waals surface area contributed by atoms with Crippen LogP contribution >= 0.6 is 0 Å². The van der Waals surface area contributed by atoms with Crippen molar-refractivity contribution in [2.24, 2.45) is 0 Å². The topological polar surface area (TPSA) is 87.9 Å². The molecule has 0 atom stereocenters. The van der Waals surface area contributed by atoms with Gasteiger partial charge in [-0.05, 0) is 24.3 Å². The number of aromatic nitrogens is 4. The predicted molar refractivity (Wildman–Crippen MR) is 118 cm³/mol. The van der Waals surface area contributed by atoms with Crippen LogP contribution in [-0.4, -0.2) is 45.0 Å². The number of pyridine rings is 2. The van der Waals surface area contributed by atoms with Crippen LogP contribution in [0.2, 0.25) is 0 Å². The van der Waals surface area contributed by atoms with Gasteiger partial charge in [0.1, 0.15) is 5.65 Å². The van der Waals surface area contributed by atoms with Crippen LogP contribution < -0.4 is 0 Å². The first kappa shape index (κ1) is 20.5. The molecule has 0 aliphatic heterocycles. The van der Waals surface area contributed by atoms with Crippen molar-refractivity contribution in [3.63, 3.8) is 0 Å². The third kappa shape index (κ3) is 3.53. The van der Waals surface area contributed by atoms with Crippen LogP contribution in [0.5, 0.6) is 0 Å². The van der Waals surface area contributed by atoms with Crippen molar-refractivity contribution in [3.8, 4) is 33.7 Å². The number of carbonyl (C=O) groups is 1. The number of hydrogen-bond donors (Lipinski definition) is 1. The summed E-state index contributed by atoms with van der Waals surface area (Å²) in [5.41, 5.74) is 3.36. The maximum atomic E-state index is 14.4. The van der Waals surface area contributed by atoms with Gasteiger partial charge in [0, 0.05) is 54.8 Å². The van der Waals surface area contributed by atoms with Crippen molar-refractivity contribution >= 4 is 16.9 Å². The van der Waals surface area contributed by atoms with Gasteiger partial charge in [0.05, 0.1) is 23.0 Å². The number of carbonyl (C=O) groups excluding carboxylic acids is 1. The maximum absolute atomic E-state index is 14.4. The third-order valence-electron chi connectivity index (χ3n) is 5.30. The van der Waals surface area contributed by atoms with Gasteiger partial charge in [-0.3, -0.25) is 9.78 Å². The molecule has 0 aliphatic rings. The zero-order valence-corrected chi connectivity index (χ0v) is 17.6. The molecule has 0 aliphatic carbocycles. The molecular weight excluding hydrogens is 428 g/mol. The van der Waals surface area contributed by atoms with Crippen LogP contribution in [0.1, 0.15) is 10.4 Å². The Hall–Kier alpha value is -4.40. The minimum absolute atomic E-state index is 0.0486. The maximum Gasteiger partial charge on any atom is 0.254 e. The normalized spacial score (nSPS) is 11.2. The Bertz CT molecular complexity index is 1490. The number of halogens is 2. The molecule has 0 spiro atoms. The van der Waals surface area contributed by atoms with Gasteiger partial charge in [0.15, 0.2) is 17.4 Å². The molecule has 0 fully saturated rings. The molecule has 1 amide bonds. The first-order chi connectivity index (χ1) is 15.9. The molecule has 5 rings (SSSR count). The van der Waals surface area contributed by atoms with Crippen molar-refractivity contribution < 1.29 is 18.1 Å². The quantitative estimate of drug-likeness (QED) is 0.424. The van der Waals surface area contributed by atoms with Crippen molar-refractivity contribution in [2.45, 2.75) is 0 Å². The molecule has 0 saturated carbocycles. The van der Waals surface area contributed by atoms with Crippen molar-refractivity contribution in [2.75, 3.05) is 14.1 Å². The van der Waals surface area contributed by atoms with Crippen molar-refractivity contribution in [1.82, 2.24) is 25.0 Å². The van der Waals surface area contributed by atoms with Gasteiger partial charge in [-0.25, -0.2) is 13.8 Å². The zero-order valence-electron chi connectivity index (χ0n) is 17.6. The van der Waals surface area contributed by atoms with Gasteiger partial charge < -0.3 is 14.4 Å². The summed E-state index contributed by atoms with van der Waals surface area (Å²) < 4.78 is 33.6. The number of hydrogen-bond acceptors (Lipinski definition) is 5. The van der Waals surface area contributed by atoms with Crippen LogP contribution in [0.25, 0.3) is 44.7 Å². The first-order valence-corrected chi connectivity index (χ1v) is 9.98. The van der Waals surface area contributed by atoms with E-state index >= 15 is 0 Å². The molecular formula is C24H17F2N5O2. The zero-order chi connectivity index (χ0) is 23.1. The molecule has 0 radical (unpaired) electrons. The first-order valence-electron chi connectivity index (χ1n) is 9.98. The fourth-order valence-electron chi connectivity index (χ4n) is 3.62. The second-order valence-electron chi connectivity index (χ2n) is 7.62. The van der Waals surface area contributed by atoms with E-state index in [4.69, 9.17) is 4.52 Å². The molecule has 5 aromatic rings. The fourth-order valence-corrected chi connectivity index (χ4v) is 3.62. The van der Waals surface area contributed by atoms with Gasteiger partial charge in [0.25, 0.3) is 5.91 Å². The summed E-state index contributed by atoms with van der Waals surface area (Å²) in [6, 6.07) is 9.25. The largest absolute Gasteiger partial charge is 0.356 e. The second-order valence-corrected chi connectivity index (χ2v) is 7.62. The van der Waals surface area contributed by atoms with Crippen molar-refractivity contribution in [3.05, 3.63) is 78.4 Å². The molecule has 0 saturated heterocycles. The average molecular weight is 445 g/mol. The molecule has 1 N–H and O–H groups in total. The van der Waals surface area contributed by atoms with E-state index in [9.17, 15) is 13.6 Å². The SMILES string of the molecule is CN(C)C(=O)c1ccc(-c2cnc3[nH]cc(-c4oncc4-c4cccc(F)c4F)c3c2)nc1. The van der Waals surface area contributed by atoms with Crippen LogP contribution in [-0.2, 0) is 0 Å². The van der Waals surface area contributed by atoms with Crippen molar-refractivity contribution in [1.29, 1.82) is 0 Å². The number of benzene rings is 1. The summed E-state index contributed by atoms with van der Waals surface area (Å²) in [4.78, 5) is 25.5. The summed E-state index contributed by atoms with van der Waals surface area (Å²) in [6.45, 7) is 0. The number of fused-ring (bicyclic) bond motifs is 1. The molecule has 0 bridgehead atoms. The Morgan fingerprint density at radius 2 is 1.85 bits per heavy atom. The smallest absolute Gasteiger partial charge is 0.254 e. The van der Waals surface area contributed by atoms with E-state index in [-0.39, 0.29) is 17.2 Å². The number of rotatable bonds is 4. The Kier molecular flexibility index (Phi) is 4.93. The highest BCUT2D eigenvalue weighted by atomic mass is 19.2. The monoisotopic (exact) mass is 445 g/mol. The van der Waals surface area contributed by atoms with E-state index in [0.717, 1.165) is 6.07 Å². The standard InChI is InChI=1S/C24H17F2N5O2/c1-31(2)24(32)13-6-7-20(27-9-13)14-8-16-17(11-29-23(16)28-10-14)22-18(12-30-33-22)15-4-3-5-19(25)21(15)26/h3-12H,1-2H3,(H,28,29). The number of aromatic amines is 1. The van der Waals surface area contributed by atoms with Gasteiger partial charge >= 0.3 is 0 Å². The third-order valence-corrected chi connectivity index (χ3v) is 5.30. The molecule has 4 heterocycles. The minimum Gasteiger partial charge on any atom is -0.356 e. The molecule has 4 aromatic heterocycles.